The first-order valence-electron chi connectivity index (χ1n) is 13.0. The molecule has 1 aliphatic carbocycles. The molecule has 1 aliphatic rings. The molecular formula is C28H37ClFN7. The van der Waals surface area contributed by atoms with Gasteiger partial charge in [-0.05, 0) is 100 Å². The summed E-state index contributed by atoms with van der Waals surface area (Å²) in [6.07, 6.45) is 12.8. The molecule has 37 heavy (non-hydrogen) atoms. The van der Waals surface area contributed by atoms with Crippen LogP contribution in [0.25, 0.3) is 16.7 Å². The zero-order valence-corrected chi connectivity index (χ0v) is 22.5. The fourth-order valence-electron chi connectivity index (χ4n) is 5.24. The molecule has 0 bridgehead atoms. The number of allylic oxidation sites excluding steroid dienone is 1. The third kappa shape index (κ3) is 7.37. The van der Waals surface area contributed by atoms with E-state index in [2.05, 4.69) is 43.0 Å². The molecule has 0 radical (unpaired) electrons. The Balaban J connectivity index is 1.26. The Morgan fingerprint density at radius 2 is 2.11 bits per heavy atom. The SMILES string of the molecule is CN=C/C=C(\N)c1cn(C2CCC(CN(C)CCCNCCc3ccc(F)cc3)C2)c2nc(Cl)ncc12. The average molecular weight is 526 g/mol. The summed E-state index contributed by atoms with van der Waals surface area (Å²) >= 11 is 6.16. The maximum absolute atomic E-state index is 13.0. The van der Waals surface area contributed by atoms with Gasteiger partial charge in [-0.1, -0.05) is 12.1 Å². The molecule has 7 nitrogen and oxygen atoms in total. The van der Waals surface area contributed by atoms with E-state index in [-0.39, 0.29) is 11.1 Å². The van der Waals surface area contributed by atoms with Gasteiger partial charge in [0.05, 0.1) is 0 Å². The lowest BCUT2D eigenvalue weighted by atomic mass is 10.1. The minimum atomic E-state index is -0.183. The Morgan fingerprint density at radius 1 is 1.30 bits per heavy atom. The van der Waals surface area contributed by atoms with Crippen molar-refractivity contribution in [3.05, 3.63) is 65.0 Å². The molecule has 3 N–H and O–H groups in total. The van der Waals surface area contributed by atoms with Crippen molar-refractivity contribution in [3.8, 4) is 0 Å². The molecule has 1 aromatic carbocycles. The predicted molar refractivity (Wildman–Crippen MR) is 151 cm³/mol. The van der Waals surface area contributed by atoms with Crippen LogP contribution in [-0.2, 0) is 6.42 Å². The fraction of sp³-hybridized carbons (Fsp3) is 0.464. The molecule has 4 rings (SSSR count). The first-order valence-corrected chi connectivity index (χ1v) is 13.4. The van der Waals surface area contributed by atoms with Crippen LogP contribution in [0.5, 0.6) is 0 Å². The van der Waals surface area contributed by atoms with Crippen LogP contribution in [0.2, 0.25) is 5.28 Å². The second kappa shape index (κ2) is 13.1. The Kier molecular flexibility index (Phi) is 9.66. The molecule has 3 aromatic rings. The number of nitrogens with zero attached hydrogens (tertiary/aromatic N) is 5. The van der Waals surface area contributed by atoms with Crippen molar-refractivity contribution in [1.29, 1.82) is 0 Å². The summed E-state index contributed by atoms with van der Waals surface area (Å²) in [4.78, 5) is 15.2. The summed E-state index contributed by atoms with van der Waals surface area (Å²) in [5.74, 6) is 0.456. The second-order valence-corrected chi connectivity index (χ2v) is 10.3. The Morgan fingerprint density at radius 3 is 2.89 bits per heavy atom. The highest BCUT2D eigenvalue weighted by Gasteiger charge is 2.29. The minimum absolute atomic E-state index is 0.183. The normalized spacial score (nSPS) is 18.6. The summed E-state index contributed by atoms with van der Waals surface area (Å²) in [7, 11) is 3.93. The van der Waals surface area contributed by atoms with Gasteiger partial charge in [0, 0.05) is 54.9 Å². The van der Waals surface area contributed by atoms with Crippen molar-refractivity contribution in [1.82, 2.24) is 24.8 Å². The van der Waals surface area contributed by atoms with Gasteiger partial charge in [0.25, 0.3) is 0 Å². The monoisotopic (exact) mass is 525 g/mol. The van der Waals surface area contributed by atoms with Gasteiger partial charge < -0.3 is 20.5 Å². The van der Waals surface area contributed by atoms with Gasteiger partial charge in [0.2, 0.25) is 5.28 Å². The second-order valence-electron chi connectivity index (χ2n) is 9.93. The molecule has 2 aromatic heterocycles. The Bertz CT molecular complexity index is 1220. The number of halogens is 2. The van der Waals surface area contributed by atoms with E-state index in [4.69, 9.17) is 17.3 Å². The number of hydrogen-bond acceptors (Lipinski definition) is 6. The van der Waals surface area contributed by atoms with Crippen LogP contribution in [-0.4, -0.2) is 65.9 Å². The van der Waals surface area contributed by atoms with Crippen molar-refractivity contribution in [2.24, 2.45) is 16.6 Å². The maximum Gasteiger partial charge on any atom is 0.224 e. The minimum Gasteiger partial charge on any atom is -0.398 e. The van der Waals surface area contributed by atoms with Crippen molar-refractivity contribution in [2.45, 2.75) is 38.1 Å². The molecule has 198 valence electrons. The number of aliphatic imine (C=N–C) groups is 1. The smallest absolute Gasteiger partial charge is 0.224 e. The molecule has 1 fully saturated rings. The lowest BCUT2D eigenvalue weighted by Crippen LogP contribution is -2.28. The number of rotatable bonds is 12. The standard InChI is InChI=1S/C28H37ClFN7/c1-32-13-11-26(31)25-19-37(27-24(25)17-34-28(29)35-27)23-9-6-21(16-23)18-36(2)15-3-12-33-14-10-20-4-7-22(30)8-5-20/h4-5,7-8,11,13,17,19,21,23,33H,3,6,9-10,12,14-16,18,31H2,1-2H3/b26-11-,32-13?. The third-order valence-electron chi connectivity index (χ3n) is 7.13. The highest BCUT2D eigenvalue weighted by molar-refractivity contribution is 6.28. The summed E-state index contributed by atoms with van der Waals surface area (Å²) < 4.78 is 15.2. The first-order chi connectivity index (χ1) is 17.9. The highest BCUT2D eigenvalue weighted by atomic mass is 35.5. The van der Waals surface area contributed by atoms with E-state index in [1.54, 1.807) is 25.5 Å². The molecular weight excluding hydrogens is 489 g/mol. The molecule has 2 heterocycles. The number of aromatic nitrogens is 3. The molecule has 1 saturated carbocycles. The lowest BCUT2D eigenvalue weighted by Gasteiger charge is -2.21. The molecule has 9 heteroatoms. The fourth-order valence-corrected chi connectivity index (χ4v) is 5.37. The molecule has 0 saturated heterocycles. The lowest BCUT2D eigenvalue weighted by molar-refractivity contribution is 0.270. The molecule has 0 amide bonds. The quantitative estimate of drug-likeness (QED) is 0.203. The zero-order chi connectivity index (χ0) is 26.2. The summed E-state index contributed by atoms with van der Waals surface area (Å²) in [5, 5.41) is 4.66. The van der Waals surface area contributed by atoms with E-state index in [0.29, 0.717) is 17.7 Å². The van der Waals surface area contributed by atoms with Crippen LogP contribution < -0.4 is 11.1 Å². The molecule has 2 unspecified atom stereocenters. The number of nitrogens with two attached hydrogens (primary N) is 1. The van der Waals surface area contributed by atoms with Gasteiger partial charge in [-0.25, -0.2) is 9.37 Å². The van der Waals surface area contributed by atoms with Gasteiger partial charge >= 0.3 is 0 Å². The van der Waals surface area contributed by atoms with E-state index in [1.165, 1.54) is 18.6 Å². The highest BCUT2D eigenvalue weighted by Crippen LogP contribution is 2.38. The van der Waals surface area contributed by atoms with Crippen LogP contribution >= 0.6 is 11.6 Å². The van der Waals surface area contributed by atoms with Gasteiger partial charge in [0.15, 0.2) is 0 Å². The molecule has 2 atom stereocenters. The number of hydrogen-bond donors (Lipinski definition) is 2. The Labute approximate surface area is 223 Å². The van der Waals surface area contributed by atoms with Crippen LogP contribution in [0.15, 0.2) is 47.7 Å². The van der Waals surface area contributed by atoms with Crippen LogP contribution in [0.3, 0.4) is 0 Å². The maximum atomic E-state index is 13.0. The number of nitrogens with one attached hydrogen (secondary N) is 1. The van der Waals surface area contributed by atoms with Crippen LogP contribution in [0, 0.1) is 11.7 Å². The number of benzene rings is 1. The summed E-state index contributed by atoms with van der Waals surface area (Å²) in [5.41, 5.74) is 9.90. The average Bonchev–Trinajstić information content (AvgIpc) is 3.50. The van der Waals surface area contributed by atoms with Crippen molar-refractivity contribution in [3.63, 3.8) is 0 Å². The topological polar surface area (TPSA) is 84.4 Å². The molecule has 0 aliphatic heterocycles. The van der Waals surface area contributed by atoms with Crippen molar-refractivity contribution >= 4 is 34.5 Å². The van der Waals surface area contributed by atoms with E-state index < -0.39 is 0 Å². The van der Waals surface area contributed by atoms with Gasteiger partial charge in [-0.15, -0.1) is 0 Å². The van der Waals surface area contributed by atoms with Crippen LogP contribution in [0.1, 0.15) is 42.9 Å². The Hall–Kier alpha value is -2.81. The van der Waals surface area contributed by atoms with Crippen molar-refractivity contribution < 1.29 is 4.39 Å². The first kappa shape index (κ1) is 27.2. The van der Waals surface area contributed by atoms with Gasteiger partial charge in [-0.2, -0.15) is 4.98 Å². The van der Waals surface area contributed by atoms with Gasteiger partial charge in [0.1, 0.15) is 11.5 Å². The van der Waals surface area contributed by atoms with E-state index in [0.717, 1.165) is 74.0 Å². The molecule has 0 spiro atoms. The van der Waals surface area contributed by atoms with Crippen LogP contribution in [0.4, 0.5) is 4.39 Å². The third-order valence-corrected chi connectivity index (χ3v) is 7.31. The number of fused-ring (bicyclic) bond motifs is 1. The predicted octanol–water partition coefficient (Wildman–Crippen LogP) is 4.72. The van der Waals surface area contributed by atoms with Gasteiger partial charge in [-0.3, -0.25) is 4.99 Å². The van der Waals surface area contributed by atoms with E-state index in [1.807, 2.05) is 12.1 Å². The van der Waals surface area contributed by atoms with Crippen molar-refractivity contribution in [2.75, 3.05) is 40.3 Å². The van der Waals surface area contributed by atoms with E-state index >= 15 is 0 Å². The summed E-state index contributed by atoms with van der Waals surface area (Å²) in [6, 6.07) is 7.11. The summed E-state index contributed by atoms with van der Waals surface area (Å²) in [6.45, 7) is 4.04. The largest absolute Gasteiger partial charge is 0.398 e. The zero-order valence-electron chi connectivity index (χ0n) is 21.7. The van der Waals surface area contributed by atoms with E-state index in [9.17, 15) is 4.39 Å².